The van der Waals surface area contributed by atoms with Crippen molar-refractivity contribution in [3.05, 3.63) is 27.7 Å². The predicted octanol–water partition coefficient (Wildman–Crippen LogP) is 2.64. The molecule has 20 heavy (non-hydrogen) atoms. The highest BCUT2D eigenvalue weighted by Gasteiger charge is 2.41. The number of anilines is 1. The number of rotatable bonds is 3. The molecule has 5 heteroatoms. The summed E-state index contributed by atoms with van der Waals surface area (Å²) in [4.78, 5) is 12.5. The summed E-state index contributed by atoms with van der Waals surface area (Å²) < 4.78 is 6.58. The number of amides is 1. The maximum atomic E-state index is 12.5. The molecule has 2 unspecified atom stereocenters. The molecular weight excluding hydrogens is 320 g/mol. The van der Waals surface area contributed by atoms with E-state index in [1.54, 1.807) is 0 Å². The van der Waals surface area contributed by atoms with E-state index in [0.29, 0.717) is 17.2 Å². The van der Waals surface area contributed by atoms with Crippen LogP contribution in [0.5, 0.6) is 0 Å². The number of nitrogens with one attached hydrogen (secondary N) is 1. The summed E-state index contributed by atoms with van der Waals surface area (Å²) in [5.41, 5.74) is 8.01. The zero-order chi connectivity index (χ0) is 14.3. The number of carbonyl (C=O) groups excluding carboxylic acids is 1. The lowest BCUT2D eigenvalue weighted by Gasteiger charge is -2.20. The van der Waals surface area contributed by atoms with E-state index < -0.39 is 0 Å². The molecule has 2 atom stereocenters. The van der Waals surface area contributed by atoms with Gasteiger partial charge in [0.1, 0.15) is 0 Å². The van der Waals surface area contributed by atoms with Crippen LogP contribution in [-0.2, 0) is 4.74 Å². The molecule has 1 saturated carbocycles. The number of benzene rings is 1. The van der Waals surface area contributed by atoms with E-state index in [0.717, 1.165) is 23.1 Å². The standard InChI is InChI=1S/C15H19BrN2O2/c1-8-11(6-10(16)7-12(8)17)15(19)18-13-4-5-20-14(13)9-2-3-9/h6-7,9,13-14H,2-5,17H2,1H3,(H,18,19). The minimum atomic E-state index is -0.0587. The van der Waals surface area contributed by atoms with Gasteiger partial charge in [0, 0.05) is 22.3 Å². The average Bonchev–Trinajstić information content (AvgIpc) is 3.14. The van der Waals surface area contributed by atoms with Crippen molar-refractivity contribution in [3.63, 3.8) is 0 Å². The Morgan fingerprint density at radius 3 is 2.85 bits per heavy atom. The number of halogens is 1. The molecular formula is C15H19BrN2O2. The highest BCUT2D eigenvalue weighted by atomic mass is 79.9. The van der Waals surface area contributed by atoms with E-state index >= 15 is 0 Å². The van der Waals surface area contributed by atoms with Crippen LogP contribution in [0.15, 0.2) is 16.6 Å². The summed E-state index contributed by atoms with van der Waals surface area (Å²) in [6.07, 6.45) is 3.54. The van der Waals surface area contributed by atoms with E-state index in [1.807, 2.05) is 19.1 Å². The van der Waals surface area contributed by atoms with E-state index in [9.17, 15) is 4.79 Å². The van der Waals surface area contributed by atoms with E-state index in [2.05, 4.69) is 21.2 Å². The second-order valence-corrected chi connectivity index (χ2v) is 6.62. The Hall–Kier alpha value is -1.07. The molecule has 0 spiro atoms. The van der Waals surface area contributed by atoms with Crippen LogP contribution in [0, 0.1) is 12.8 Å². The molecule has 3 N–H and O–H groups in total. The first-order chi connectivity index (χ1) is 9.56. The van der Waals surface area contributed by atoms with Gasteiger partial charge in [-0.15, -0.1) is 0 Å². The summed E-state index contributed by atoms with van der Waals surface area (Å²) in [5.74, 6) is 0.577. The van der Waals surface area contributed by atoms with Crippen LogP contribution in [0.3, 0.4) is 0 Å². The van der Waals surface area contributed by atoms with Gasteiger partial charge in [0.05, 0.1) is 12.1 Å². The minimum absolute atomic E-state index is 0.0587. The number of nitrogen functional groups attached to an aromatic ring is 1. The first-order valence-corrected chi connectivity index (χ1v) is 7.83. The van der Waals surface area contributed by atoms with Crippen LogP contribution in [0.1, 0.15) is 35.2 Å². The molecule has 2 aliphatic rings. The number of nitrogens with two attached hydrogens (primary N) is 1. The number of carbonyl (C=O) groups is 1. The zero-order valence-corrected chi connectivity index (χ0v) is 13.1. The average molecular weight is 339 g/mol. The fourth-order valence-electron chi connectivity index (χ4n) is 2.84. The highest BCUT2D eigenvalue weighted by Crippen LogP contribution is 2.38. The van der Waals surface area contributed by atoms with Crippen LogP contribution in [0.2, 0.25) is 0 Å². The van der Waals surface area contributed by atoms with Crippen molar-refractivity contribution < 1.29 is 9.53 Å². The minimum Gasteiger partial charge on any atom is -0.398 e. The zero-order valence-electron chi connectivity index (χ0n) is 11.5. The SMILES string of the molecule is Cc1c(N)cc(Br)cc1C(=O)NC1CCOC1C1CC1. The Morgan fingerprint density at radius 1 is 1.40 bits per heavy atom. The smallest absolute Gasteiger partial charge is 0.251 e. The third kappa shape index (κ3) is 2.69. The normalized spacial score (nSPS) is 25.7. The number of ether oxygens (including phenoxy) is 1. The van der Waals surface area contributed by atoms with Gasteiger partial charge < -0.3 is 15.8 Å². The molecule has 1 aliphatic heterocycles. The van der Waals surface area contributed by atoms with Crippen molar-refractivity contribution in [2.75, 3.05) is 12.3 Å². The van der Waals surface area contributed by atoms with E-state index in [4.69, 9.17) is 10.5 Å². The second-order valence-electron chi connectivity index (χ2n) is 5.71. The van der Waals surface area contributed by atoms with Gasteiger partial charge >= 0.3 is 0 Å². The second kappa shape index (κ2) is 5.37. The van der Waals surface area contributed by atoms with Crippen molar-refractivity contribution >= 4 is 27.5 Å². The van der Waals surface area contributed by atoms with Crippen molar-refractivity contribution in [1.82, 2.24) is 5.32 Å². The van der Waals surface area contributed by atoms with Crippen LogP contribution in [0.25, 0.3) is 0 Å². The van der Waals surface area contributed by atoms with E-state index in [1.165, 1.54) is 12.8 Å². The Labute approximate surface area is 127 Å². The van der Waals surface area contributed by atoms with Gasteiger partial charge in [-0.05, 0) is 49.8 Å². The van der Waals surface area contributed by atoms with Gasteiger partial charge in [0.25, 0.3) is 5.91 Å². The molecule has 2 fully saturated rings. The maximum Gasteiger partial charge on any atom is 0.251 e. The first kappa shape index (κ1) is 13.9. The highest BCUT2D eigenvalue weighted by molar-refractivity contribution is 9.10. The summed E-state index contributed by atoms with van der Waals surface area (Å²) in [6, 6.07) is 3.77. The lowest BCUT2D eigenvalue weighted by atomic mass is 10.0. The monoisotopic (exact) mass is 338 g/mol. The maximum absolute atomic E-state index is 12.5. The number of hydrogen-bond donors (Lipinski definition) is 2. The molecule has 1 aromatic carbocycles. The lowest BCUT2D eigenvalue weighted by molar-refractivity contribution is 0.0729. The van der Waals surface area contributed by atoms with Crippen LogP contribution in [0.4, 0.5) is 5.69 Å². The van der Waals surface area contributed by atoms with Gasteiger partial charge in [-0.3, -0.25) is 4.79 Å². The summed E-state index contributed by atoms with van der Waals surface area (Å²) in [6.45, 7) is 2.62. The topological polar surface area (TPSA) is 64.4 Å². The molecule has 108 valence electrons. The Balaban J connectivity index is 1.76. The summed E-state index contributed by atoms with van der Waals surface area (Å²) in [5, 5.41) is 3.12. The van der Waals surface area contributed by atoms with E-state index in [-0.39, 0.29) is 18.1 Å². The van der Waals surface area contributed by atoms with Crippen LogP contribution >= 0.6 is 15.9 Å². The van der Waals surface area contributed by atoms with Gasteiger partial charge in [0.2, 0.25) is 0 Å². The fraction of sp³-hybridized carbons (Fsp3) is 0.533. The van der Waals surface area contributed by atoms with Crippen LogP contribution < -0.4 is 11.1 Å². The summed E-state index contributed by atoms with van der Waals surface area (Å²) in [7, 11) is 0. The first-order valence-electron chi connectivity index (χ1n) is 7.04. The molecule has 0 bridgehead atoms. The molecule has 4 nitrogen and oxygen atoms in total. The van der Waals surface area contributed by atoms with Gasteiger partial charge in [-0.1, -0.05) is 15.9 Å². The Morgan fingerprint density at radius 2 is 2.15 bits per heavy atom. The molecule has 3 rings (SSSR count). The third-order valence-corrected chi connectivity index (χ3v) is 4.65. The quantitative estimate of drug-likeness (QED) is 0.832. The molecule has 1 aromatic rings. The number of hydrogen-bond acceptors (Lipinski definition) is 3. The molecule has 0 aromatic heterocycles. The summed E-state index contributed by atoms with van der Waals surface area (Å²) >= 11 is 3.39. The molecule has 1 heterocycles. The molecule has 1 aliphatic carbocycles. The Bertz CT molecular complexity index is 543. The predicted molar refractivity (Wildman–Crippen MR) is 81.6 cm³/mol. The third-order valence-electron chi connectivity index (χ3n) is 4.20. The largest absolute Gasteiger partial charge is 0.398 e. The van der Waals surface area contributed by atoms with Gasteiger partial charge in [-0.2, -0.15) is 0 Å². The van der Waals surface area contributed by atoms with Crippen molar-refractivity contribution in [2.45, 2.75) is 38.3 Å². The van der Waals surface area contributed by atoms with Crippen molar-refractivity contribution in [1.29, 1.82) is 0 Å². The Kier molecular flexibility index (Phi) is 3.73. The van der Waals surface area contributed by atoms with Crippen molar-refractivity contribution in [3.8, 4) is 0 Å². The molecule has 1 amide bonds. The van der Waals surface area contributed by atoms with Crippen molar-refractivity contribution in [2.24, 2.45) is 5.92 Å². The lowest BCUT2D eigenvalue weighted by Crippen LogP contribution is -2.41. The molecule has 1 saturated heterocycles. The van der Waals surface area contributed by atoms with Crippen LogP contribution in [-0.4, -0.2) is 24.7 Å². The van der Waals surface area contributed by atoms with Gasteiger partial charge in [-0.25, -0.2) is 0 Å². The fourth-order valence-corrected chi connectivity index (χ4v) is 3.31. The molecule has 0 radical (unpaired) electrons. The van der Waals surface area contributed by atoms with Gasteiger partial charge in [0.15, 0.2) is 0 Å².